The molecule has 18 heavy (non-hydrogen) atoms. The Morgan fingerprint density at radius 2 is 2.00 bits per heavy atom. The van der Waals surface area contributed by atoms with Crippen LogP contribution in [0.1, 0.15) is 6.42 Å². The Labute approximate surface area is 107 Å². The van der Waals surface area contributed by atoms with E-state index in [1.807, 2.05) is 35.2 Å². The Kier molecular flexibility index (Phi) is 3.19. The summed E-state index contributed by atoms with van der Waals surface area (Å²) in [7, 11) is 0. The van der Waals surface area contributed by atoms with E-state index < -0.39 is 0 Å². The minimum Gasteiger partial charge on any atom is -0.381 e. The normalized spacial score (nSPS) is 23.8. The van der Waals surface area contributed by atoms with Gasteiger partial charge in [-0.2, -0.15) is 0 Å². The molecule has 0 aromatic heterocycles. The summed E-state index contributed by atoms with van der Waals surface area (Å²) in [5, 5.41) is 2.91. The van der Waals surface area contributed by atoms with Gasteiger partial charge in [-0.1, -0.05) is 18.2 Å². The molecular formula is C14H18N2O2. The van der Waals surface area contributed by atoms with Crippen molar-refractivity contribution in [1.29, 1.82) is 0 Å². The molecular weight excluding hydrogens is 228 g/mol. The van der Waals surface area contributed by atoms with E-state index in [0.29, 0.717) is 11.8 Å². The molecule has 1 aromatic carbocycles. The van der Waals surface area contributed by atoms with Crippen molar-refractivity contribution in [3.05, 3.63) is 30.3 Å². The van der Waals surface area contributed by atoms with E-state index >= 15 is 0 Å². The fraction of sp³-hybridized carbons (Fsp3) is 0.500. The Morgan fingerprint density at radius 3 is 2.67 bits per heavy atom. The van der Waals surface area contributed by atoms with Crippen LogP contribution in [0.5, 0.6) is 0 Å². The van der Waals surface area contributed by atoms with Crippen LogP contribution in [0.3, 0.4) is 0 Å². The number of likely N-dealkylation sites (tertiary alicyclic amines) is 1. The summed E-state index contributed by atoms with van der Waals surface area (Å²) >= 11 is 0. The number of para-hydroxylation sites is 1. The summed E-state index contributed by atoms with van der Waals surface area (Å²) < 4.78 is 5.39. The highest BCUT2D eigenvalue weighted by atomic mass is 16.5. The fourth-order valence-corrected chi connectivity index (χ4v) is 2.63. The summed E-state index contributed by atoms with van der Waals surface area (Å²) in [5.41, 5.74) is 0.857. The minimum atomic E-state index is 0.0105. The van der Waals surface area contributed by atoms with Crippen LogP contribution >= 0.6 is 0 Å². The molecule has 1 N–H and O–H groups in total. The first-order valence-electron chi connectivity index (χ1n) is 6.51. The fourth-order valence-electron chi connectivity index (χ4n) is 2.63. The van der Waals surface area contributed by atoms with Crippen molar-refractivity contribution < 1.29 is 9.53 Å². The van der Waals surface area contributed by atoms with Crippen LogP contribution < -0.4 is 5.32 Å². The van der Waals surface area contributed by atoms with Crippen LogP contribution in [0.25, 0.3) is 0 Å². The molecule has 0 saturated carbocycles. The van der Waals surface area contributed by atoms with E-state index in [9.17, 15) is 4.79 Å². The van der Waals surface area contributed by atoms with Gasteiger partial charge in [0.25, 0.3) is 0 Å². The topological polar surface area (TPSA) is 41.6 Å². The molecule has 4 heteroatoms. The molecule has 2 aliphatic heterocycles. The number of nitrogens with zero attached hydrogens (tertiary/aromatic N) is 1. The molecule has 1 aromatic rings. The Bertz CT molecular complexity index is 409. The summed E-state index contributed by atoms with van der Waals surface area (Å²) in [6.07, 6.45) is 1.15. The molecule has 0 bridgehead atoms. The number of benzene rings is 1. The van der Waals surface area contributed by atoms with Crippen molar-refractivity contribution >= 4 is 11.7 Å². The lowest BCUT2D eigenvalue weighted by Crippen LogP contribution is -2.54. The van der Waals surface area contributed by atoms with Gasteiger partial charge in [-0.3, -0.25) is 0 Å². The van der Waals surface area contributed by atoms with Crippen LogP contribution in [0.2, 0.25) is 0 Å². The number of anilines is 1. The highest BCUT2D eigenvalue weighted by molar-refractivity contribution is 5.89. The zero-order chi connectivity index (χ0) is 12.4. The third-order valence-corrected chi connectivity index (χ3v) is 3.85. The molecule has 2 heterocycles. The number of hydrogen-bond acceptors (Lipinski definition) is 2. The summed E-state index contributed by atoms with van der Waals surface area (Å²) in [4.78, 5) is 13.8. The molecule has 0 spiro atoms. The molecule has 4 nitrogen and oxygen atoms in total. The van der Waals surface area contributed by atoms with Gasteiger partial charge >= 0.3 is 6.03 Å². The largest absolute Gasteiger partial charge is 0.381 e. The molecule has 0 aliphatic carbocycles. The Balaban J connectivity index is 1.48. The predicted octanol–water partition coefficient (Wildman–Crippen LogP) is 2.19. The van der Waals surface area contributed by atoms with E-state index in [2.05, 4.69) is 5.32 Å². The van der Waals surface area contributed by atoms with E-state index in [0.717, 1.165) is 38.4 Å². The van der Waals surface area contributed by atoms with Crippen molar-refractivity contribution in [1.82, 2.24) is 4.90 Å². The molecule has 2 saturated heterocycles. The van der Waals surface area contributed by atoms with E-state index in [1.54, 1.807) is 0 Å². The van der Waals surface area contributed by atoms with Crippen molar-refractivity contribution in [3.63, 3.8) is 0 Å². The first-order chi connectivity index (χ1) is 8.83. The van der Waals surface area contributed by atoms with Crippen molar-refractivity contribution in [2.45, 2.75) is 6.42 Å². The summed E-state index contributed by atoms with van der Waals surface area (Å²) in [6.45, 7) is 3.50. The average molecular weight is 246 g/mol. The van der Waals surface area contributed by atoms with Gasteiger partial charge in [0, 0.05) is 32.0 Å². The zero-order valence-corrected chi connectivity index (χ0v) is 10.3. The van der Waals surface area contributed by atoms with Crippen LogP contribution in [0.4, 0.5) is 10.5 Å². The molecule has 2 aliphatic rings. The van der Waals surface area contributed by atoms with Gasteiger partial charge < -0.3 is 15.0 Å². The number of rotatable bonds is 2. The predicted molar refractivity (Wildman–Crippen MR) is 69.4 cm³/mol. The van der Waals surface area contributed by atoms with Gasteiger partial charge in [-0.05, 0) is 30.4 Å². The minimum absolute atomic E-state index is 0.0105. The van der Waals surface area contributed by atoms with Crippen molar-refractivity contribution in [2.75, 3.05) is 31.6 Å². The number of amides is 2. The second kappa shape index (κ2) is 4.98. The number of carbonyl (C=O) groups excluding carboxylic acids is 1. The first-order valence-corrected chi connectivity index (χ1v) is 6.51. The lowest BCUT2D eigenvalue weighted by molar-refractivity contribution is 0.0806. The average Bonchev–Trinajstić information content (AvgIpc) is 2.82. The Hall–Kier alpha value is -1.55. The van der Waals surface area contributed by atoms with Crippen LogP contribution in [-0.2, 0) is 4.74 Å². The maximum Gasteiger partial charge on any atom is 0.321 e. The summed E-state index contributed by atoms with van der Waals surface area (Å²) in [6, 6.07) is 9.60. The first kappa shape index (κ1) is 11.5. The van der Waals surface area contributed by atoms with E-state index in [-0.39, 0.29) is 6.03 Å². The summed E-state index contributed by atoms with van der Waals surface area (Å²) in [5.74, 6) is 1.29. The molecule has 2 fully saturated rings. The zero-order valence-electron chi connectivity index (χ0n) is 10.3. The third-order valence-electron chi connectivity index (χ3n) is 3.85. The molecule has 1 unspecified atom stereocenters. The monoisotopic (exact) mass is 246 g/mol. The highest BCUT2D eigenvalue weighted by Crippen LogP contribution is 2.30. The van der Waals surface area contributed by atoms with E-state index in [4.69, 9.17) is 4.74 Å². The van der Waals surface area contributed by atoms with Gasteiger partial charge in [0.2, 0.25) is 0 Å². The smallest absolute Gasteiger partial charge is 0.321 e. The Morgan fingerprint density at radius 1 is 1.22 bits per heavy atom. The van der Waals surface area contributed by atoms with Gasteiger partial charge in [0.15, 0.2) is 0 Å². The SMILES string of the molecule is O=C(Nc1ccccc1)N1CC(C2CCOC2)C1. The van der Waals surface area contributed by atoms with Gasteiger partial charge in [-0.15, -0.1) is 0 Å². The van der Waals surface area contributed by atoms with Crippen molar-refractivity contribution in [2.24, 2.45) is 11.8 Å². The number of urea groups is 1. The molecule has 3 rings (SSSR count). The number of nitrogens with one attached hydrogen (secondary N) is 1. The number of carbonyl (C=O) groups is 1. The maximum absolute atomic E-state index is 11.9. The molecule has 96 valence electrons. The van der Waals surface area contributed by atoms with Crippen LogP contribution in [-0.4, -0.2) is 37.2 Å². The number of hydrogen-bond donors (Lipinski definition) is 1. The van der Waals surface area contributed by atoms with Gasteiger partial charge in [0.05, 0.1) is 0 Å². The lowest BCUT2D eigenvalue weighted by Gasteiger charge is -2.41. The van der Waals surface area contributed by atoms with Gasteiger partial charge in [0.1, 0.15) is 0 Å². The molecule has 0 radical (unpaired) electrons. The van der Waals surface area contributed by atoms with Crippen LogP contribution in [0.15, 0.2) is 30.3 Å². The maximum atomic E-state index is 11.9. The van der Waals surface area contributed by atoms with E-state index in [1.165, 1.54) is 0 Å². The number of ether oxygens (including phenoxy) is 1. The van der Waals surface area contributed by atoms with Crippen LogP contribution in [0, 0.1) is 11.8 Å². The highest BCUT2D eigenvalue weighted by Gasteiger charge is 2.37. The standard InChI is InChI=1S/C14H18N2O2/c17-14(15-13-4-2-1-3-5-13)16-8-12(9-16)11-6-7-18-10-11/h1-5,11-12H,6-10H2,(H,15,17). The quantitative estimate of drug-likeness (QED) is 0.869. The molecule has 2 amide bonds. The van der Waals surface area contributed by atoms with Crippen molar-refractivity contribution in [3.8, 4) is 0 Å². The lowest BCUT2D eigenvalue weighted by atomic mass is 9.85. The molecule has 1 atom stereocenters. The second-order valence-corrected chi connectivity index (χ2v) is 5.08. The third kappa shape index (κ3) is 2.34. The van der Waals surface area contributed by atoms with Gasteiger partial charge in [-0.25, -0.2) is 4.79 Å². The second-order valence-electron chi connectivity index (χ2n) is 5.08.